The quantitative estimate of drug-likeness (QED) is 0.830. The summed E-state index contributed by atoms with van der Waals surface area (Å²) in [6.07, 6.45) is 4.78. The lowest BCUT2D eigenvalue weighted by atomic mass is 9.95. The second kappa shape index (κ2) is 5.80. The van der Waals surface area contributed by atoms with Crippen LogP contribution < -0.4 is 0 Å². The molecule has 0 saturated carbocycles. The molecule has 1 aliphatic carbocycles. The second-order valence-electron chi connectivity index (χ2n) is 6.20. The molecule has 0 bridgehead atoms. The lowest BCUT2D eigenvalue weighted by Crippen LogP contribution is -1.97. The van der Waals surface area contributed by atoms with Crippen LogP contribution in [0.5, 0.6) is 0 Å². The van der Waals surface area contributed by atoms with E-state index in [9.17, 15) is 0 Å². The van der Waals surface area contributed by atoms with Gasteiger partial charge in [0.15, 0.2) is 0 Å². The maximum Gasteiger partial charge on any atom is 0.0675 e. The first kappa shape index (κ1) is 14.0. The molecule has 2 heteroatoms. The molecule has 0 saturated heterocycles. The average Bonchev–Trinajstić information content (AvgIpc) is 2.76. The third-order valence-corrected chi connectivity index (χ3v) is 3.97. The number of nitrogens with zero attached hydrogens (tertiary/aromatic N) is 2. The van der Waals surface area contributed by atoms with Crippen LogP contribution in [0.4, 0.5) is 0 Å². The zero-order valence-corrected chi connectivity index (χ0v) is 13.0. The molecule has 0 N–H and O–H groups in total. The third-order valence-electron chi connectivity index (χ3n) is 3.97. The second-order valence-corrected chi connectivity index (χ2v) is 6.20. The van der Waals surface area contributed by atoms with E-state index >= 15 is 0 Å². The van der Waals surface area contributed by atoms with Gasteiger partial charge in [-0.2, -0.15) is 10.2 Å². The molecule has 2 aromatic rings. The molecular formula is C19H21N2. The lowest BCUT2D eigenvalue weighted by Gasteiger charge is -2.10. The average molecular weight is 277 g/mol. The van der Waals surface area contributed by atoms with E-state index in [1.54, 1.807) is 11.8 Å². The van der Waals surface area contributed by atoms with Gasteiger partial charge in [0.1, 0.15) is 0 Å². The summed E-state index contributed by atoms with van der Waals surface area (Å²) >= 11 is 0. The Kier molecular flexibility index (Phi) is 3.87. The van der Waals surface area contributed by atoms with Gasteiger partial charge in [-0.05, 0) is 54.5 Å². The van der Waals surface area contributed by atoms with E-state index in [4.69, 9.17) is 0 Å². The van der Waals surface area contributed by atoms with Gasteiger partial charge in [-0.15, -0.1) is 0 Å². The van der Waals surface area contributed by atoms with Gasteiger partial charge < -0.3 is 0 Å². The molecule has 1 radical (unpaired) electrons. The zero-order chi connectivity index (χ0) is 14.8. The summed E-state index contributed by atoms with van der Waals surface area (Å²) in [7, 11) is 0. The first-order valence-electron chi connectivity index (χ1n) is 7.50. The number of allylic oxidation sites excluding steroid dienone is 2. The van der Waals surface area contributed by atoms with Crippen molar-refractivity contribution in [3.05, 3.63) is 70.4 Å². The molecule has 21 heavy (non-hydrogen) atoms. The Labute approximate surface area is 126 Å². The van der Waals surface area contributed by atoms with E-state index < -0.39 is 0 Å². The van der Waals surface area contributed by atoms with Crippen LogP contribution in [0, 0.1) is 12.8 Å². The molecule has 0 aliphatic heterocycles. The fourth-order valence-electron chi connectivity index (χ4n) is 3.12. The number of hydrogen-bond acceptors (Lipinski definition) is 2. The van der Waals surface area contributed by atoms with Gasteiger partial charge in [-0.25, -0.2) is 0 Å². The molecule has 2 nitrogen and oxygen atoms in total. The molecule has 0 spiro atoms. The largest absolute Gasteiger partial charge is 0.159 e. The van der Waals surface area contributed by atoms with Crippen molar-refractivity contribution in [2.24, 2.45) is 0 Å². The van der Waals surface area contributed by atoms with Crippen molar-refractivity contribution in [3.8, 4) is 0 Å². The van der Waals surface area contributed by atoms with E-state index in [-0.39, 0.29) is 0 Å². The van der Waals surface area contributed by atoms with Gasteiger partial charge >= 0.3 is 0 Å². The van der Waals surface area contributed by atoms with Gasteiger partial charge in [-0.1, -0.05) is 43.2 Å². The van der Waals surface area contributed by atoms with Gasteiger partial charge in [-0.3, -0.25) is 0 Å². The minimum atomic E-state index is 0.881. The first-order valence-corrected chi connectivity index (χ1v) is 7.50. The molecule has 0 atom stereocenters. The Balaban J connectivity index is 1.98. The number of aromatic nitrogens is 2. The minimum Gasteiger partial charge on any atom is -0.159 e. The normalized spacial score (nSPS) is 13.9. The van der Waals surface area contributed by atoms with E-state index in [2.05, 4.69) is 55.2 Å². The first-order chi connectivity index (χ1) is 10.1. The monoisotopic (exact) mass is 277 g/mol. The fraction of sp³-hybridized carbons (Fsp3) is 0.316. The molecular weight excluding hydrogens is 256 g/mol. The highest BCUT2D eigenvalue weighted by molar-refractivity contribution is 5.78. The van der Waals surface area contributed by atoms with Crippen LogP contribution in [0.15, 0.2) is 42.1 Å². The molecule has 107 valence electrons. The van der Waals surface area contributed by atoms with Gasteiger partial charge in [0, 0.05) is 12.6 Å². The standard InChI is InChI=1S/C19H21N2/c1-13(2)9-15-11-16-10-14(3)6-7-18(16)19(15)12-17-5-4-8-20-21-17/h4-8,10H,9,11-12H2,1-3H3. The third kappa shape index (κ3) is 3.05. The number of rotatable bonds is 4. The van der Waals surface area contributed by atoms with E-state index in [1.165, 1.54) is 28.2 Å². The highest BCUT2D eigenvalue weighted by Gasteiger charge is 2.22. The summed E-state index contributed by atoms with van der Waals surface area (Å²) in [4.78, 5) is 0. The fourth-order valence-corrected chi connectivity index (χ4v) is 3.12. The molecule has 1 heterocycles. The van der Waals surface area contributed by atoms with Crippen LogP contribution in [0.3, 0.4) is 0 Å². The number of fused-ring (bicyclic) bond motifs is 1. The van der Waals surface area contributed by atoms with Crippen LogP contribution >= 0.6 is 0 Å². The Morgan fingerprint density at radius 1 is 1.19 bits per heavy atom. The molecule has 0 fully saturated rings. The van der Waals surface area contributed by atoms with Crippen molar-refractivity contribution >= 4 is 5.57 Å². The Bertz CT molecular complexity index is 669. The smallest absolute Gasteiger partial charge is 0.0675 e. The predicted octanol–water partition coefficient (Wildman–Crippen LogP) is 4.34. The molecule has 0 amide bonds. The van der Waals surface area contributed by atoms with Crippen LogP contribution in [0.1, 0.15) is 42.7 Å². The predicted molar refractivity (Wildman–Crippen MR) is 86.7 cm³/mol. The highest BCUT2D eigenvalue weighted by Crippen LogP contribution is 2.38. The number of benzene rings is 1. The van der Waals surface area contributed by atoms with Crippen molar-refractivity contribution in [2.75, 3.05) is 0 Å². The van der Waals surface area contributed by atoms with Crippen LogP contribution in [0.2, 0.25) is 0 Å². The van der Waals surface area contributed by atoms with Gasteiger partial charge in [0.25, 0.3) is 0 Å². The number of hydrogen-bond donors (Lipinski definition) is 0. The minimum absolute atomic E-state index is 0.881. The van der Waals surface area contributed by atoms with Crippen molar-refractivity contribution in [1.82, 2.24) is 10.2 Å². The Morgan fingerprint density at radius 3 is 2.76 bits per heavy atom. The van der Waals surface area contributed by atoms with Crippen LogP contribution in [-0.2, 0) is 12.8 Å². The number of aryl methyl sites for hydroxylation is 1. The van der Waals surface area contributed by atoms with Crippen LogP contribution in [0.25, 0.3) is 5.57 Å². The van der Waals surface area contributed by atoms with E-state index in [0.29, 0.717) is 0 Å². The SMILES string of the molecule is C[C](C)CC1=C(Cc2cccnn2)c2ccc(C)cc2C1. The maximum atomic E-state index is 4.26. The van der Waals surface area contributed by atoms with E-state index in [0.717, 1.165) is 25.0 Å². The van der Waals surface area contributed by atoms with Gasteiger partial charge in [0.2, 0.25) is 0 Å². The van der Waals surface area contributed by atoms with Crippen molar-refractivity contribution in [1.29, 1.82) is 0 Å². The summed E-state index contributed by atoms with van der Waals surface area (Å²) in [5.74, 6) is 1.46. The van der Waals surface area contributed by atoms with Gasteiger partial charge in [0.05, 0.1) is 5.69 Å². The molecule has 1 aliphatic rings. The molecule has 1 aromatic heterocycles. The van der Waals surface area contributed by atoms with E-state index in [1.807, 2.05) is 6.07 Å². The van der Waals surface area contributed by atoms with Crippen LogP contribution in [-0.4, -0.2) is 10.2 Å². The summed E-state index contributed by atoms with van der Waals surface area (Å²) < 4.78 is 0. The maximum absolute atomic E-state index is 4.26. The Morgan fingerprint density at radius 2 is 2.05 bits per heavy atom. The summed E-state index contributed by atoms with van der Waals surface area (Å²) in [6, 6.07) is 10.8. The molecule has 0 unspecified atom stereocenters. The summed E-state index contributed by atoms with van der Waals surface area (Å²) in [5, 5.41) is 8.26. The highest BCUT2D eigenvalue weighted by atomic mass is 15.1. The molecule has 1 aromatic carbocycles. The van der Waals surface area contributed by atoms with Crippen molar-refractivity contribution in [3.63, 3.8) is 0 Å². The lowest BCUT2D eigenvalue weighted by molar-refractivity contribution is 0.906. The zero-order valence-electron chi connectivity index (χ0n) is 13.0. The van der Waals surface area contributed by atoms with Crippen molar-refractivity contribution < 1.29 is 0 Å². The van der Waals surface area contributed by atoms with Crippen molar-refractivity contribution in [2.45, 2.75) is 40.0 Å². The summed E-state index contributed by atoms with van der Waals surface area (Å²) in [5.41, 5.74) is 8.25. The summed E-state index contributed by atoms with van der Waals surface area (Å²) in [6.45, 7) is 6.58. The topological polar surface area (TPSA) is 25.8 Å². The Hall–Kier alpha value is -1.96. The molecule has 3 rings (SSSR count).